The maximum Gasteiger partial charge on any atom is 0.251 e. The van der Waals surface area contributed by atoms with Gasteiger partial charge in [0.25, 0.3) is 5.91 Å². The first-order valence-electron chi connectivity index (χ1n) is 8.63. The van der Waals surface area contributed by atoms with Crippen LogP contribution >= 0.6 is 0 Å². The molecule has 0 aromatic heterocycles. The van der Waals surface area contributed by atoms with Gasteiger partial charge in [-0.25, -0.2) is 0 Å². The van der Waals surface area contributed by atoms with Crippen LogP contribution in [0.1, 0.15) is 49.2 Å². The quantitative estimate of drug-likeness (QED) is 0.844. The molecular weight excluding hydrogens is 312 g/mol. The molecule has 0 aliphatic heterocycles. The zero-order valence-electron chi connectivity index (χ0n) is 15.5. The molecule has 0 aliphatic carbocycles. The maximum atomic E-state index is 12.2. The van der Waals surface area contributed by atoms with Gasteiger partial charge in [0.2, 0.25) is 0 Å². The van der Waals surface area contributed by atoms with Crippen molar-refractivity contribution >= 4 is 5.91 Å². The Morgan fingerprint density at radius 2 is 1.68 bits per heavy atom. The van der Waals surface area contributed by atoms with Gasteiger partial charge in [-0.3, -0.25) is 4.79 Å². The Kier molecular flexibility index (Phi) is 6.21. The fraction of sp³-hybridized carbons (Fsp3) is 0.381. The Labute approximate surface area is 150 Å². The van der Waals surface area contributed by atoms with E-state index in [-0.39, 0.29) is 17.4 Å². The average Bonchev–Trinajstić information content (AvgIpc) is 2.59. The summed E-state index contributed by atoms with van der Waals surface area (Å²) in [5.41, 5.74) is 8.59. The Bertz CT molecular complexity index is 685. The Morgan fingerprint density at radius 3 is 2.20 bits per heavy atom. The molecule has 134 valence electrons. The number of carbonyl (C=O) groups is 1. The van der Waals surface area contributed by atoms with E-state index in [1.54, 1.807) is 12.1 Å². The molecule has 0 aliphatic rings. The number of carbonyl (C=O) groups excluding carboxylic acids is 1. The van der Waals surface area contributed by atoms with Crippen molar-refractivity contribution in [3.63, 3.8) is 0 Å². The molecule has 1 amide bonds. The number of ether oxygens (including phenoxy) is 1. The number of rotatable bonds is 6. The minimum Gasteiger partial charge on any atom is -0.491 e. The molecule has 0 radical (unpaired) electrons. The van der Waals surface area contributed by atoms with Crippen LogP contribution in [0.5, 0.6) is 5.75 Å². The summed E-state index contributed by atoms with van der Waals surface area (Å²) in [4.78, 5) is 12.2. The zero-order valence-corrected chi connectivity index (χ0v) is 15.5. The second-order valence-corrected chi connectivity index (χ2v) is 7.36. The van der Waals surface area contributed by atoms with Crippen molar-refractivity contribution in [2.75, 3.05) is 6.61 Å². The topological polar surface area (TPSA) is 64.3 Å². The predicted molar refractivity (Wildman–Crippen MR) is 102 cm³/mol. The number of nitrogens with one attached hydrogen (secondary N) is 1. The lowest BCUT2D eigenvalue weighted by molar-refractivity contribution is 0.0926. The van der Waals surface area contributed by atoms with Gasteiger partial charge in [-0.15, -0.1) is 0 Å². The lowest BCUT2D eigenvalue weighted by Crippen LogP contribution is -2.36. The number of amides is 1. The summed E-state index contributed by atoms with van der Waals surface area (Å²) < 4.78 is 5.78. The largest absolute Gasteiger partial charge is 0.491 e. The molecule has 1 unspecified atom stereocenters. The van der Waals surface area contributed by atoms with E-state index in [9.17, 15) is 4.79 Å². The second-order valence-electron chi connectivity index (χ2n) is 7.36. The van der Waals surface area contributed by atoms with Crippen LogP contribution in [-0.4, -0.2) is 18.6 Å². The number of benzene rings is 2. The molecule has 0 saturated heterocycles. The lowest BCUT2D eigenvalue weighted by Gasteiger charge is -2.20. The van der Waals surface area contributed by atoms with Crippen molar-refractivity contribution in [3.8, 4) is 5.75 Å². The van der Waals surface area contributed by atoms with Crippen molar-refractivity contribution in [1.29, 1.82) is 0 Å². The normalized spacial score (nSPS) is 12.5. The highest BCUT2D eigenvalue weighted by Crippen LogP contribution is 2.24. The summed E-state index contributed by atoms with van der Waals surface area (Å²) in [6.45, 7) is 9.36. The summed E-state index contributed by atoms with van der Waals surface area (Å²) in [5, 5.41) is 2.94. The number of hydrogen-bond acceptors (Lipinski definition) is 3. The minimum atomic E-state index is -0.109. The molecule has 4 heteroatoms. The molecule has 0 saturated carbocycles. The van der Waals surface area contributed by atoms with Crippen LogP contribution in [0.4, 0.5) is 0 Å². The Morgan fingerprint density at radius 1 is 1.08 bits per heavy atom. The van der Waals surface area contributed by atoms with Gasteiger partial charge < -0.3 is 15.8 Å². The average molecular weight is 340 g/mol. The standard InChI is InChI=1S/C21H28N2O2/c1-15(23-20(24)17-7-5-16(13-22)6-8-17)14-25-19-11-9-18(10-12-19)21(2,3)4/h5-12,15H,13-14,22H2,1-4H3,(H,23,24). The van der Waals surface area contributed by atoms with Crippen LogP contribution in [-0.2, 0) is 12.0 Å². The highest BCUT2D eigenvalue weighted by molar-refractivity contribution is 5.94. The first-order chi connectivity index (χ1) is 11.8. The van der Waals surface area contributed by atoms with Crippen LogP contribution in [0, 0.1) is 0 Å². The van der Waals surface area contributed by atoms with E-state index in [4.69, 9.17) is 10.5 Å². The molecular formula is C21H28N2O2. The van der Waals surface area contributed by atoms with Crippen LogP contribution in [0.15, 0.2) is 48.5 Å². The third kappa shape index (κ3) is 5.61. The molecule has 3 N–H and O–H groups in total. The van der Waals surface area contributed by atoms with E-state index in [1.165, 1.54) is 5.56 Å². The highest BCUT2D eigenvalue weighted by atomic mass is 16.5. The summed E-state index contributed by atoms with van der Waals surface area (Å²) in [6.07, 6.45) is 0. The van der Waals surface area contributed by atoms with Crippen molar-refractivity contribution in [2.24, 2.45) is 5.73 Å². The summed E-state index contributed by atoms with van der Waals surface area (Å²) >= 11 is 0. The SMILES string of the molecule is CC(COc1ccc(C(C)(C)C)cc1)NC(=O)c1ccc(CN)cc1. The Hall–Kier alpha value is -2.33. The van der Waals surface area contributed by atoms with Gasteiger partial charge in [0.15, 0.2) is 0 Å². The maximum absolute atomic E-state index is 12.2. The molecule has 0 fully saturated rings. The third-order valence-electron chi connectivity index (χ3n) is 4.05. The fourth-order valence-corrected chi connectivity index (χ4v) is 2.41. The van der Waals surface area contributed by atoms with Gasteiger partial charge in [-0.05, 0) is 47.7 Å². The summed E-state index contributed by atoms with van der Waals surface area (Å²) in [5.74, 6) is 0.698. The van der Waals surface area contributed by atoms with Crippen molar-refractivity contribution < 1.29 is 9.53 Å². The van der Waals surface area contributed by atoms with Crippen LogP contribution in [0.3, 0.4) is 0 Å². The van der Waals surface area contributed by atoms with Gasteiger partial charge in [-0.2, -0.15) is 0 Å². The van der Waals surface area contributed by atoms with E-state index in [0.717, 1.165) is 11.3 Å². The van der Waals surface area contributed by atoms with E-state index in [2.05, 4.69) is 38.2 Å². The van der Waals surface area contributed by atoms with E-state index in [1.807, 2.05) is 31.2 Å². The second kappa shape index (κ2) is 8.17. The fourth-order valence-electron chi connectivity index (χ4n) is 2.41. The molecule has 4 nitrogen and oxygen atoms in total. The van der Waals surface area contributed by atoms with Crippen molar-refractivity contribution in [2.45, 2.75) is 45.7 Å². The van der Waals surface area contributed by atoms with Gasteiger partial charge in [0.05, 0.1) is 6.04 Å². The molecule has 25 heavy (non-hydrogen) atoms. The van der Waals surface area contributed by atoms with E-state index in [0.29, 0.717) is 18.7 Å². The lowest BCUT2D eigenvalue weighted by atomic mass is 9.87. The molecule has 0 spiro atoms. The number of nitrogens with two attached hydrogens (primary N) is 1. The molecule has 0 heterocycles. The van der Waals surface area contributed by atoms with Crippen LogP contribution < -0.4 is 15.8 Å². The first-order valence-corrected chi connectivity index (χ1v) is 8.63. The van der Waals surface area contributed by atoms with Crippen LogP contribution in [0.25, 0.3) is 0 Å². The smallest absolute Gasteiger partial charge is 0.251 e. The minimum absolute atomic E-state index is 0.0935. The number of hydrogen-bond donors (Lipinski definition) is 2. The molecule has 0 bridgehead atoms. The van der Waals surface area contributed by atoms with Gasteiger partial charge in [-0.1, -0.05) is 45.0 Å². The summed E-state index contributed by atoms with van der Waals surface area (Å²) in [7, 11) is 0. The molecule has 2 rings (SSSR count). The third-order valence-corrected chi connectivity index (χ3v) is 4.05. The van der Waals surface area contributed by atoms with Gasteiger partial charge >= 0.3 is 0 Å². The van der Waals surface area contributed by atoms with Gasteiger partial charge in [0.1, 0.15) is 12.4 Å². The van der Waals surface area contributed by atoms with Crippen molar-refractivity contribution in [3.05, 3.63) is 65.2 Å². The first kappa shape index (κ1) is 19.0. The van der Waals surface area contributed by atoms with E-state index >= 15 is 0 Å². The monoisotopic (exact) mass is 340 g/mol. The Balaban J connectivity index is 1.85. The highest BCUT2D eigenvalue weighted by Gasteiger charge is 2.14. The predicted octanol–water partition coefficient (Wildman–Crippen LogP) is 3.64. The van der Waals surface area contributed by atoms with Crippen LogP contribution in [0.2, 0.25) is 0 Å². The molecule has 2 aromatic rings. The van der Waals surface area contributed by atoms with Crippen molar-refractivity contribution in [1.82, 2.24) is 5.32 Å². The van der Waals surface area contributed by atoms with Gasteiger partial charge in [0, 0.05) is 12.1 Å². The van der Waals surface area contributed by atoms with E-state index < -0.39 is 0 Å². The molecule has 1 atom stereocenters. The zero-order chi connectivity index (χ0) is 18.4. The molecule has 2 aromatic carbocycles. The summed E-state index contributed by atoms with van der Waals surface area (Å²) in [6, 6.07) is 15.3.